The summed E-state index contributed by atoms with van der Waals surface area (Å²) in [6.07, 6.45) is 0.875. The van der Waals surface area contributed by atoms with Crippen LogP contribution in [0.25, 0.3) is 0 Å². The van der Waals surface area contributed by atoms with Crippen LogP contribution in [-0.4, -0.2) is 18.2 Å². The molecule has 0 saturated heterocycles. The van der Waals surface area contributed by atoms with E-state index in [1.165, 1.54) is 0 Å². The molecular weight excluding hydrogens is 343 g/mol. The van der Waals surface area contributed by atoms with Crippen LogP contribution < -0.4 is 10.2 Å². The smallest absolute Gasteiger partial charge is 0.280 e. The molecule has 1 aromatic heterocycles. The van der Waals surface area contributed by atoms with Crippen LogP contribution in [0.5, 0.6) is 5.75 Å². The minimum Gasteiger partial charge on any atom is -0.479 e. The summed E-state index contributed by atoms with van der Waals surface area (Å²) >= 11 is 13.4. The quantitative estimate of drug-likeness (QED) is 0.641. The van der Waals surface area contributed by atoms with Crippen molar-refractivity contribution in [2.24, 2.45) is 5.10 Å². The summed E-state index contributed by atoms with van der Waals surface area (Å²) in [5, 5.41) is 6.75. The molecule has 1 unspecified atom stereocenters. The molecule has 2 aromatic rings. The van der Waals surface area contributed by atoms with E-state index in [9.17, 15) is 4.79 Å². The number of carbonyl (C=O) groups is 1. The summed E-state index contributed by atoms with van der Waals surface area (Å²) in [6.45, 7) is 3.60. The third kappa shape index (κ3) is 4.47. The first-order valence-corrected chi connectivity index (χ1v) is 8.09. The van der Waals surface area contributed by atoms with Gasteiger partial charge in [-0.05, 0) is 49.1 Å². The standard InChI is InChI=1S/C15H14Cl2N2O2S/c1-9-5-6-22-14(9)8-18-19-15(20)10(2)21-13-4-3-11(16)7-12(13)17/h3-8,10H,1-2H3,(H,19,20). The van der Waals surface area contributed by atoms with Gasteiger partial charge < -0.3 is 4.74 Å². The molecule has 0 aliphatic carbocycles. The Kier molecular flexibility index (Phi) is 5.83. The first-order chi connectivity index (χ1) is 10.5. The molecule has 1 heterocycles. The zero-order valence-corrected chi connectivity index (χ0v) is 14.3. The van der Waals surface area contributed by atoms with Crippen molar-refractivity contribution < 1.29 is 9.53 Å². The lowest BCUT2D eigenvalue weighted by molar-refractivity contribution is -0.127. The monoisotopic (exact) mass is 356 g/mol. The van der Waals surface area contributed by atoms with Crippen molar-refractivity contribution in [1.29, 1.82) is 0 Å². The first kappa shape index (κ1) is 16.8. The van der Waals surface area contributed by atoms with Gasteiger partial charge in [0, 0.05) is 9.90 Å². The number of nitrogens with one attached hydrogen (secondary N) is 1. The lowest BCUT2D eigenvalue weighted by Gasteiger charge is -2.14. The number of rotatable bonds is 5. The fourth-order valence-electron chi connectivity index (χ4n) is 1.58. The normalized spacial score (nSPS) is 12.4. The van der Waals surface area contributed by atoms with E-state index in [2.05, 4.69) is 10.5 Å². The highest BCUT2D eigenvalue weighted by atomic mass is 35.5. The van der Waals surface area contributed by atoms with Gasteiger partial charge in [0.05, 0.1) is 11.2 Å². The third-order valence-electron chi connectivity index (χ3n) is 2.83. The van der Waals surface area contributed by atoms with Crippen molar-refractivity contribution in [2.45, 2.75) is 20.0 Å². The second-order valence-corrected chi connectivity index (χ2v) is 6.33. The predicted octanol–water partition coefficient (Wildman–Crippen LogP) is 4.28. The largest absolute Gasteiger partial charge is 0.479 e. The van der Waals surface area contributed by atoms with Gasteiger partial charge in [0.1, 0.15) is 5.75 Å². The van der Waals surface area contributed by atoms with Crippen LogP contribution >= 0.6 is 34.5 Å². The van der Waals surface area contributed by atoms with E-state index in [0.29, 0.717) is 15.8 Å². The van der Waals surface area contributed by atoms with Gasteiger partial charge in [-0.15, -0.1) is 11.3 Å². The van der Waals surface area contributed by atoms with E-state index in [0.717, 1.165) is 10.4 Å². The Hall–Kier alpha value is -1.56. The average Bonchev–Trinajstić information content (AvgIpc) is 2.87. The second kappa shape index (κ2) is 7.63. The highest BCUT2D eigenvalue weighted by Crippen LogP contribution is 2.28. The maximum Gasteiger partial charge on any atom is 0.280 e. The molecule has 0 spiro atoms. The number of carbonyl (C=O) groups excluding carboxylic acids is 1. The molecule has 1 amide bonds. The van der Waals surface area contributed by atoms with Crippen LogP contribution in [-0.2, 0) is 4.79 Å². The third-order valence-corrected chi connectivity index (χ3v) is 4.31. The van der Waals surface area contributed by atoms with Gasteiger partial charge in [0.2, 0.25) is 0 Å². The predicted molar refractivity (Wildman–Crippen MR) is 91.3 cm³/mol. The molecule has 0 fully saturated rings. The molecule has 1 atom stereocenters. The van der Waals surface area contributed by atoms with Crippen LogP contribution in [0.2, 0.25) is 10.0 Å². The van der Waals surface area contributed by atoms with Crippen molar-refractivity contribution in [1.82, 2.24) is 5.43 Å². The van der Waals surface area contributed by atoms with E-state index in [4.69, 9.17) is 27.9 Å². The molecule has 0 aliphatic rings. The number of hydrazone groups is 1. The van der Waals surface area contributed by atoms with E-state index < -0.39 is 6.10 Å². The molecule has 0 aliphatic heterocycles. The molecule has 4 nitrogen and oxygen atoms in total. The van der Waals surface area contributed by atoms with Crippen LogP contribution in [0.4, 0.5) is 0 Å². The van der Waals surface area contributed by atoms with Crippen LogP contribution in [0, 0.1) is 6.92 Å². The molecule has 0 radical (unpaired) electrons. The Morgan fingerprint density at radius 1 is 1.41 bits per heavy atom. The van der Waals surface area contributed by atoms with E-state index in [1.54, 1.807) is 42.7 Å². The van der Waals surface area contributed by atoms with Gasteiger partial charge in [-0.2, -0.15) is 5.10 Å². The molecule has 22 heavy (non-hydrogen) atoms. The molecule has 116 valence electrons. The van der Waals surface area contributed by atoms with E-state index in [1.807, 2.05) is 18.4 Å². The lowest BCUT2D eigenvalue weighted by atomic mass is 10.3. The summed E-state index contributed by atoms with van der Waals surface area (Å²) in [5.41, 5.74) is 3.55. The summed E-state index contributed by atoms with van der Waals surface area (Å²) in [5.74, 6) is 0.0308. The fraction of sp³-hybridized carbons (Fsp3) is 0.200. The van der Waals surface area contributed by atoms with Crippen LogP contribution in [0.1, 0.15) is 17.4 Å². The highest BCUT2D eigenvalue weighted by molar-refractivity contribution is 7.11. The number of ether oxygens (including phenoxy) is 1. The average molecular weight is 357 g/mol. The van der Waals surface area contributed by atoms with Crippen molar-refractivity contribution in [3.05, 3.63) is 50.1 Å². The number of hydrogen-bond donors (Lipinski definition) is 1. The number of aryl methyl sites for hydroxylation is 1. The van der Waals surface area contributed by atoms with Crippen molar-refractivity contribution in [3.63, 3.8) is 0 Å². The van der Waals surface area contributed by atoms with Gasteiger partial charge in [0.25, 0.3) is 5.91 Å². The van der Waals surface area contributed by atoms with Crippen molar-refractivity contribution in [3.8, 4) is 5.75 Å². The highest BCUT2D eigenvalue weighted by Gasteiger charge is 2.15. The Labute approximate surface area is 142 Å². The van der Waals surface area contributed by atoms with E-state index in [-0.39, 0.29) is 5.91 Å². The second-order valence-electron chi connectivity index (χ2n) is 4.54. The van der Waals surface area contributed by atoms with Gasteiger partial charge in [-0.1, -0.05) is 23.2 Å². The van der Waals surface area contributed by atoms with Gasteiger partial charge >= 0.3 is 0 Å². The number of nitrogens with zero attached hydrogens (tertiary/aromatic N) is 1. The molecule has 1 N–H and O–H groups in total. The Morgan fingerprint density at radius 3 is 2.82 bits per heavy atom. The molecule has 0 saturated carbocycles. The molecular formula is C15H14Cl2N2O2S. The van der Waals surface area contributed by atoms with Crippen LogP contribution in [0.3, 0.4) is 0 Å². The Bertz CT molecular complexity index is 701. The Balaban J connectivity index is 1.92. The molecule has 7 heteroatoms. The van der Waals surface area contributed by atoms with E-state index >= 15 is 0 Å². The Morgan fingerprint density at radius 2 is 2.18 bits per heavy atom. The number of benzene rings is 1. The number of thiophene rings is 1. The fourth-order valence-corrected chi connectivity index (χ4v) is 2.82. The minimum atomic E-state index is -0.736. The van der Waals surface area contributed by atoms with Crippen molar-refractivity contribution >= 4 is 46.7 Å². The topological polar surface area (TPSA) is 50.7 Å². The number of halogens is 2. The number of amides is 1. The summed E-state index contributed by atoms with van der Waals surface area (Å²) in [6, 6.07) is 6.81. The summed E-state index contributed by atoms with van der Waals surface area (Å²) < 4.78 is 5.50. The summed E-state index contributed by atoms with van der Waals surface area (Å²) in [4.78, 5) is 12.9. The van der Waals surface area contributed by atoms with Gasteiger partial charge in [-0.3, -0.25) is 4.79 Å². The SMILES string of the molecule is Cc1ccsc1C=NNC(=O)C(C)Oc1ccc(Cl)cc1Cl. The van der Waals surface area contributed by atoms with Gasteiger partial charge in [-0.25, -0.2) is 5.43 Å². The first-order valence-electron chi connectivity index (χ1n) is 6.46. The lowest BCUT2D eigenvalue weighted by Crippen LogP contribution is -2.33. The molecule has 1 aromatic carbocycles. The van der Waals surface area contributed by atoms with Gasteiger partial charge in [0.15, 0.2) is 6.10 Å². The maximum atomic E-state index is 11.9. The zero-order chi connectivity index (χ0) is 16.1. The van der Waals surface area contributed by atoms with Crippen molar-refractivity contribution in [2.75, 3.05) is 0 Å². The minimum absolute atomic E-state index is 0.352. The number of hydrogen-bond acceptors (Lipinski definition) is 4. The maximum absolute atomic E-state index is 11.9. The van der Waals surface area contributed by atoms with Crippen LogP contribution in [0.15, 0.2) is 34.7 Å². The summed E-state index contributed by atoms with van der Waals surface area (Å²) in [7, 11) is 0. The molecule has 0 bridgehead atoms. The zero-order valence-electron chi connectivity index (χ0n) is 12.0. The molecule has 2 rings (SSSR count).